The molecule has 0 aliphatic heterocycles. The van der Waals surface area contributed by atoms with Crippen molar-refractivity contribution < 1.29 is 13.8 Å². The van der Waals surface area contributed by atoms with E-state index in [9.17, 15) is 0 Å². The Morgan fingerprint density at radius 1 is 1.23 bits per heavy atom. The first-order valence-electron chi connectivity index (χ1n) is 4.40. The quantitative estimate of drug-likeness (QED) is 0.469. The van der Waals surface area contributed by atoms with Crippen molar-refractivity contribution in [2.75, 3.05) is 27.0 Å². The van der Waals surface area contributed by atoms with Gasteiger partial charge < -0.3 is 13.8 Å². The Labute approximate surface area is 84.6 Å². The summed E-state index contributed by atoms with van der Waals surface area (Å²) in [5.41, 5.74) is 0. The molecule has 0 aliphatic rings. The van der Waals surface area contributed by atoms with E-state index < -0.39 is 0 Å². The van der Waals surface area contributed by atoms with Gasteiger partial charge in [-0.1, -0.05) is 0 Å². The third-order valence-corrected chi connectivity index (χ3v) is 2.84. The third kappa shape index (κ3) is 6.76. The lowest BCUT2D eigenvalue weighted by Gasteiger charge is -2.22. The molecule has 0 aromatic rings. The average molecular weight is 226 g/mol. The van der Waals surface area contributed by atoms with Crippen molar-refractivity contribution >= 4 is 17.6 Å². The van der Waals surface area contributed by atoms with Crippen LogP contribution in [0.2, 0.25) is 0 Å². The van der Waals surface area contributed by atoms with E-state index in [1.165, 1.54) is 0 Å². The fourth-order valence-electron chi connectivity index (χ4n) is 0.970. The van der Waals surface area contributed by atoms with Crippen LogP contribution in [0.15, 0.2) is 0 Å². The van der Waals surface area contributed by atoms with Crippen LogP contribution in [0, 0.1) is 0 Å². The molecule has 3 nitrogen and oxygen atoms in total. The van der Waals surface area contributed by atoms with Crippen LogP contribution in [0.3, 0.4) is 0 Å². The predicted octanol–water partition coefficient (Wildman–Crippen LogP) is 2.26. The van der Waals surface area contributed by atoms with Crippen molar-refractivity contribution in [1.82, 2.24) is 0 Å². The zero-order valence-electron chi connectivity index (χ0n) is 8.79. The van der Waals surface area contributed by atoms with E-state index in [1.807, 2.05) is 20.3 Å². The van der Waals surface area contributed by atoms with Crippen LogP contribution in [0.4, 0.5) is 0 Å². The van der Waals surface area contributed by atoms with Gasteiger partial charge in [0.05, 0.1) is 18.8 Å². The first kappa shape index (κ1) is 13.7. The zero-order chi connectivity index (χ0) is 10.1. The van der Waals surface area contributed by atoms with Gasteiger partial charge in [-0.2, -0.15) is 0 Å². The molecule has 4 unspecified atom stereocenters. The number of rotatable bonds is 8. The van der Waals surface area contributed by atoms with Crippen LogP contribution >= 0.6 is 17.6 Å². The summed E-state index contributed by atoms with van der Waals surface area (Å²) in [6.07, 6.45) is 1.23. The highest BCUT2D eigenvalue weighted by molar-refractivity contribution is 7.31. The summed E-state index contributed by atoms with van der Waals surface area (Å²) in [7, 11) is 2.78. The van der Waals surface area contributed by atoms with Crippen molar-refractivity contribution in [3.63, 3.8) is 0 Å². The second-order valence-corrected chi connectivity index (χ2v) is 3.98. The Balaban J connectivity index is 3.65. The first-order valence-corrected chi connectivity index (χ1v) is 7.21. The molecule has 0 heterocycles. The largest absolute Gasteiger partial charge is 0.379 e. The van der Waals surface area contributed by atoms with Crippen LogP contribution in [-0.2, 0) is 13.8 Å². The first-order chi connectivity index (χ1) is 6.26. The van der Waals surface area contributed by atoms with Crippen molar-refractivity contribution in [2.45, 2.75) is 25.6 Å². The van der Waals surface area contributed by atoms with Crippen LogP contribution in [0.25, 0.3) is 0 Å². The summed E-state index contributed by atoms with van der Waals surface area (Å²) in [5.74, 6) is 0. The van der Waals surface area contributed by atoms with Gasteiger partial charge in [-0.05, 0) is 20.3 Å². The number of hydrogen-bond donors (Lipinski definition) is 0. The van der Waals surface area contributed by atoms with Gasteiger partial charge in [0.1, 0.15) is 0 Å². The Morgan fingerprint density at radius 3 is 2.38 bits per heavy atom. The SMILES string of the molecule is COC(C)C(CCOPC)OPC. The Bertz CT molecular complexity index is 114. The summed E-state index contributed by atoms with van der Waals surface area (Å²) >= 11 is 0. The fraction of sp³-hybridized carbons (Fsp3) is 1.00. The van der Waals surface area contributed by atoms with E-state index in [-0.39, 0.29) is 12.2 Å². The van der Waals surface area contributed by atoms with Crippen LogP contribution < -0.4 is 0 Å². The molecule has 0 bridgehead atoms. The van der Waals surface area contributed by atoms with Crippen LogP contribution in [0.1, 0.15) is 13.3 Å². The van der Waals surface area contributed by atoms with Crippen LogP contribution in [-0.4, -0.2) is 39.3 Å². The van der Waals surface area contributed by atoms with E-state index in [4.69, 9.17) is 13.8 Å². The molecule has 0 radical (unpaired) electrons. The fourth-order valence-corrected chi connectivity index (χ4v) is 1.90. The summed E-state index contributed by atoms with van der Waals surface area (Å²) in [6.45, 7) is 6.84. The molecule has 0 aromatic carbocycles. The molecule has 4 atom stereocenters. The molecule has 0 aromatic heterocycles. The monoisotopic (exact) mass is 226 g/mol. The standard InChI is InChI=1S/C8H20O3P2/c1-7(9-2)8(11-13-4)5-6-10-12-3/h7-8,12-13H,5-6H2,1-4H3. The predicted molar refractivity (Wildman–Crippen MR) is 60.4 cm³/mol. The number of ether oxygens (including phenoxy) is 1. The highest BCUT2D eigenvalue weighted by Gasteiger charge is 2.16. The highest BCUT2D eigenvalue weighted by Crippen LogP contribution is 2.18. The molecular weight excluding hydrogens is 206 g/mol. The second kappa shape index (κ2) is 9.30. The lowest BCUT2D eigenvalue weighted by Crippen LogP contribution is -2.27. The molecule has 0 saturated heterocycles. The van der Waals surface area contributed by atoms with Gasteiger partial charge in [0, 0.05) is 31.1 Å². The molecule has 0 saturated carbocycles. The number of methoxy groups -OCH3 is 1. The van der Waals surface area contributed by atoms with Gasteiger partial charge in [-0.25, -0.2) is 0 Å². The maximum Gasteiger partial charge on any atom is 0.0894 e. The Morgan fingerprint density at radius 2 is 1.92 bits per heavy atom. The highest BCUT2D eigenvalue weighted by atomic mass is 31.1. The van der Waals surface area contributed by atoms with Gasteiger partial charge in [-0.15, -0.1) is 0 Å². The summed E-state index contributed by atoms with van der Waals surface area (Å²) in [6, 6.07) is 0. The summed E-state index contributed by atoms with van der Waals surface area (Å²) in [4.78, 5) is 0. The smallest absolute Gasteiger partial charge is 0.0894 e. The minimum absolute atomic E-state index is 0.149. The molecule has 0 fully saturated rings. The Kier molecular flexibility index (Phi) is 9.83. The summed E-state index contributed by atoms with van der Waals surface area (Å²) < 4.78 is 16.1. The summed E-state index contributed by atoms with van der Waals surface area (Å²) in [5, 5.41) is 0. The molecule has 13 heavy (non-hydrogen) atoms. The van der Waals surface area contributed by atoms with E-state index in [1.54, 1.807) is 7.11 Å². The van der Waals surface area contributed by atoms with E-state index in [0.29, 0.717) is 17.6 Å². The topological polar surface area (TPSA) is 27.7 Å². The lowest BCUT2D eigenvalue weighted by molar-refractivity contribution is 0.0125. The van der Waals surface area contributed by atoms with Gasteiger partial charge in [0.25, 0.3) is 0 Å². The molecule has 0 aliphatic carbocycles. The minimum Gasteiger partial charge on any atom is -0.379 e. The molecule has 80 valence electrons. The maximum atomic E-state index is 5.57. The van der Waals surface area contributed by atoms with E-state index in [2.05, 4.69) is 0 Å². The Hall–Kier alpha value is 0.740. The normalized spacial score (nSPS) is 17.5. The van der Waals surface area contributed by atoms with E-state index >= 15 is 0 Å². The van der Waals surface area contributed by atoms with Gasteiger partial charge in [-0.3, -0.25) is 0 Å². The van der Waals surface area contributed by atoms with Gasteiger partial charge >= 0.3 is 0 Å². The van der Waals surface area contributed by atoms with Crippen molar-refractivity contribution in [3.05, 3.63) is 0 Å². The van der Waals surface area contributed by atoms with Gasteiger partial charge in [0.15, 0.2) is 0 Å². The second-order valence-electron chi connectivity index (χ2n) is 2.64. The minimum atomic E-state index is 0.149. The maximum absolute atomic E-state index is 5.57. The molecule has 0 rings (SSSR count). The van der Waals surface area contributed by atoms with Crippen molar-refractivity contribution in [2.24, 2.45) is 0 Å². The van der Waals surface area contributed by atoms with Crippen molar-refractivity contribution in [1.29, 1.82) is 0 Å². The zero-order valence-corrected chi connectivity index (χ0v) is 10.8. The number of hydrogen-bond acceptors (Lipinski definition) is 3. The lowest BCUT2D eigenvalue weighted by atomic mass is 10.2. The third-order valence-electron chi connectivity index (χ3n) is 1.81. The van der Waals surface area contributed by atoms with Crippen molar-refractivity contribution in [3.8, 4) is 0 Å². The van der Waals surface area contributed by atoms with Gasteiger partial charge in [0.2, 0.25) is 0 Å². The average Bonchev–Trinajstić information content (AvgIpc) is 2.16. The molecule has 0 spiro atoms. The molecule has 5 heteroatoms. The van der Waals surface area contributed by atoms with Crippen LogP contribution in [0.5, 0.6) is 0 Å². The van der Waals surface area contributed by atoms with E-state index in [0.717, 1.165) is 13.0 Å². The molecule has 0 amide bonds. The molecule has 0 N–H and O–H groups in total. The molecular formula is C8H20O3P2.